The Balaban J connectivity index is 2.59. The Morgan fingerprint density at radius 2 is 2.00 bits per heavy atom. The number of rotatable bonds is 5. The molecule has 1 amide bonds. The minimum absolute atomic E-state index is 0.0378. The van der Waals surface area contributed by atoms with E-state index in [1.54, 1.807) is 0 Å². The molecule has 0 saturated carbocycles. The predicted molar refractivity (Wildman–Crippen MR) is 80.0 cm³/mol. The van der Waals surface area contributed by atoms with Gasteiger partial charge in [0.2, 0.25) is 5.91 Å². The van der Waals surface area contributed by atoms with Crippen LogP contribution in [0.25, 0.3) is 0 Å². The molecule has 1 aromatic rings. The highest BCUT2D eigenvalue weighted by Gasteiger charge is 2.09. The number of aryl methyl sites for hydroxylation is 2. The largest absolute Gasteiger partial charge is 0.325 e. The van der Waals surface area contributed by atoms with Crippen LogP contribution in [0.15, 0.2) is 16.6 Å². The molecule has 0 heterocycles. The Morgan fingerprint density at radius 3 is 2.56 bits per heavy atom. The molecule has 0 spiro atoms. The first-order chi connectivity index (χ1) is 8.40. The lowest BCUT2D eigenvalue weighted by molar-refractivity contribution is -0.116. The van der Waals surface area contributed by atoms with Crippen LogP contribution in [0.4, 0.5) is 5.69 Å². The summed E-state index contributed by atoms with van der Waals surface area (Å²) in [6.07, 6.45) is 0.484. The zero-order valence-corrected chi connectivity index (χ0v) is 13.0. The van der Waals surface area contributed by atoms with Crippen molar-refractivity contribution in [3.8, 4) is 0 Å². The number of hydrogen-bond donors (Lipinski definition) is 2. The standard InChI is InChI=1S/C14H21BrN2O/c1-9(2)16-6-5-13(18)17-14-11(4)7-10(3)8-12(14)15/h7-9,16H,5-6H2,1-4H3,(H,17,18). The SMILES string of the molecule is Cc1cc(C)c(NC(=O)CCNC(C)C)c(Br)c1. The van der Waals surface area contributed by atoms with E-state index in [0.29, 0.717) is 19.0 Å². The van der Waals surface area contributed by atoms with Crippen LogP contribution < -0.4 is 10.6 Å². The van der Waals surface area contributed by atoms with Crippen LogP contribution in [0, 0.1) is 13.8 Å². The molecule has 100 valence electrons. The van der Waals surface area contributed by atoms with E-state index in [1.165, 1.54) is 5.56 Å². The van der Waals surface area contributed by atoms with Crippen LogP contribution in [-0.4, -0.2) is 18.5 Å². The molecule has 0 fully saturated rings. The van der Waals surface area contributed by atoms with Crippen LogP contribution in [0.1, 0.15) is 31.4 Å². The summed E-state index contributed by atoms with van der Waals surface area (Å²) in [6, 6.07) is 4.48. The van der Waals surface area contributed by atoms with Crippen LogP contribution in [0.3, 0.4) is 0 Å². The molecule has 0 atom stereocenters. The molecule has 0 unspecified atom stereocenters. The maximum atomic E-state index is 11.8. The number of carbonyl (C=O) groups excluding carboxylic acids is 1. The highest BCUT2D eigenvalue weighted by atomic mass is 79.9. The summed E-state index contributed by atoms with van der Waals surface area (Å²) in [5.41, 5.74) is 3.13. The topological polar surface area (TPSA) is 41.1 Å². The first-order valence-electron chi connectivity index (χ1n) is 6.20. The van der Waals surface area contributed by atoms with Gasteiger partial charge in [-0.1, -0.05) is 19.9 Å². The molecule has 4 heteroatoms. The Labute approximate surface area is 117 Å². The van der Waals surface area contributed by atoms with Crippen LogP contribution in [0.2, 0.25) is 0 Å². The molecule has 0 radical (unpaired) electrons. The number of hydrogen-bond acceptors (Lipinski definition) is 2. The van der Waals surface area contributed by atoms with Crippen molar-refractivity contribution >= 4 is 27.5 Å². The molecule has 0 bridgehead atoms. The number of carbonyl (C=O) groups is 1. The normalized spacial score (nSPS) is 10.8. The fraction of sp³-hybridized carbons (Fsp3) is 0.500. The van der Waals surface area contributed by atoms with E-state index in [2.05, 4.69) is 46.5 Å². The molecule has 0 aliphatic carbocycles. The minimum atomic E-state index is 0.0378. The first kappa shape index (κ1) is 15.2. The first-order valence-corrected chi connectivity index (χ1v) is 6.99. The molecule has 0 aliphatic heterocycles. The van der Waals surface area contributed by atoms with E-state index in [4.69, 9.17) is 0 Å². The van der Waals surface area contributed by atoms with Gasteiger partial charge in [-0.05, 0) is 47.0 Å². The van der Waals surface area contributed by atoms with E-state index < -0.39 is 0 Å². The summed E-state index contributed by atoms with van der Waals surface area (Å²) in [5.74, 6) is 0.0378. The lowest BCUT2D eigenvalue weighted by atomic mass is 10.1. The zero-order chi connectivity index (χ0) is 13.7. The maximum absolute atomic E-state index is 11.8. The molecule has 18 heavy (non-hydrogen) atoms. The van der Waals surface area contributed by atoms with Crippen molar-refractivity contribution in [2.24, 2.45) is 0 Å². The van der Waals surface area contributed by atoms with Crippen molar-refractivity contribution in [1.29, 1.82) is 0 Å². The third-order valence-electron chi connectivity index (χ3n) is 2.60. The number of benzene rings is 1. The van der Waals surface area contributed by atoms with Gasteiger partial charge in [-0.15, -0.1) is 0 Å². The smallest absolute Gasteiger partial charge is 0.225 e. The molecular formula is C14H21BrN2O. The number of halogens is 1. The van der Waals surface area contributed by atoms with Crippen molar-refractivity contribution in [2.45, 2.75) is 40.2 Å². The zero-order valence-electron chi connectivity index (χ0n) is 11.4. The molecule has 1 rings (SSSR count). The molecule has 3 nitrogen and oxygen atoms in total. The summed E-state index contributed by atoms with van der Waals surface area (Å²) < 4.78 is 0.935. The van der Waals surface area contributed by atoms with Crippen molar-refractivity contribution < 1.29 is 4.79 Å². The van der Waals surface area contributed by atoms with Crippen molar-refractivity contribution in [2.75, 3.05) is 11.9 Å². The molecule has 2 N–H and O–H groups in total. The van der Waals surface area contributed by atoms with Crippen LogP contribution in [0.5, 0.6) is 0 Å². The lowest BCUT2D eigenvalue weighted by Crippen LogP contribution is -2.27. The van der Waals surface area contributed by atoms with Crippen molar-refractivity contribution in [3.63, 3.8) is 0 Å². The van der Waals surface area contributed by atoms with E-state index >= 15 is 0 Å². The van der Waals surface area contributed by atoms with Gasteiger partial charge in [0, 0.05) is 23.5 Å². The molecule has 0 saturated heterocycles. The summed E-state index contributed by atoms with van der Waals surface area (Å²) >= 11 is 3.49. The van der Waals surface area contributed by atoms with E-state index in [9.17, 15) is 4.79 Å². The summed E-state index contributed by atoms with van der Waals surface area (Å²) in [6.45, 7) is 8.87. The number of nitrogens with one attached hydrogen (secondary N) is 2. The molecule has 0 aliphatic rings. The third kappa shape index (κ3) is 4.78. The summed E-state index contributed by atoms with van der Waals surface area (Å²) in [7, 11) is 0. The number of amides is 1. The van der Waals surface area contributed by atoms with Gasteiger partial charge >= 0.3 is 0 Å². The third-order valence-corrected chi connectivity index (χ3v) is 3.23. The van der Waals surface area contributed by atoms with E-state index in [-0.39, 0.29) is 5.91 Å². The molecular weight excluding hydrogens is 292 g/mol. The van der Waals surface area contributed by atoms with Gasteiger partial charge in [0.1, 0.15) is 0 Å². The van der Waals surface area contributed by atoms with Gasteiger partial charge in [-0.25, -0.2) is 0 Å². The summed E-state index contributed by atoms with van der Waals surface area (Å²) in [5, 5.41) is 6.18. The maximum Gasteiger partial charge on any atom is 0.225 e. The second kappa shape index (κ2) is 6.90. The summed E-state index contributed by atoms with van der Waals surface area (Å²) in [4.78, 5) is 11.8. The van der Waals surface area contributed by atoms with Crippen LogP contribution in [-0.2, 0) is 4.79 Å². The Morgan fingerprint density at radius 1 is 1.33 bits per heavy atom. The highest BCUT2D eigenvalue weighted by Crippen LogP contribution is 2.27. The van der Waals surface area contributed by atoms with Gasteiger partial charge in [0.05, 0.1) is 5.69 Å². The fourth-order valence-electron chi connectivity index (χ4n) is 1.75. The fourth-order valence-corrected chi connectivity index (χ4v) is 2.52. The average Bonchev–Trinajstić information content (AvgIpc) is 2.22. The van der Waals surface area contributed by atoms with E-state index in [1.807, 2.05) is 19.9 Å². The van der Waals surface area contributed by atoms with E-state index in [0.717, 1.165) is 15.7 Å². The Bertz CT molecular complexity index is 407. The minimum Gasteiger partial charge on any atom is -0.325 e. The van der Waals surface area contributed by atoms with Gasteiger partial charge in [-0.2, -0.15) is 0 Å². The van der Waals surface area contributed by atoms with Gasteiger partial charge < -0.3 is 10.6 Å². The Hall–Kier alpha value is -0.870. The Kier molecular flexibility index (Phi) is 5.82. The highest BCUT2D eigenvalue weighted by molar-refractivity contribution is 9.10. The van der Waals surface area contributed by atoms with Gasteiger partial charge in [0.25, 0.3) is 0 Å². The van der Waals surface area contributed by atoms with Gasteiger partial charge in [-0.3, -0.25) is 4.79 Å². The lowest BCUT2D eigenvalue weighted by Gasteiger charge is -2.12. The van der Waals surface area contributed by atoms with Gasteiger partial charge in [0.15, 0.2) is 0 Å². The van der Waals surface area contributed by atoms with Crippen LogP contribution >= 0.6 is 15.9 Å². The average molecular weight is 313 g/mol. The molecule has 1 aromatic carbocycles. The predicted octanol–water partition coefficient (Wildman–Crippen LogP) is 3.39. The number of anilines is 1. The molecule has 0 aromatic heterocycles. The monoisotopic (exact) mass is 312 g/mol. The van der Waals surface area contributed by atoms with Crippen molar-refractivity contribution in [3.05, 3.63) is 27.7 Å². The second-order valence-electron chi connectivity index (χ2n) is 4.85. The second-order valence-corrected chi connectivity index (χ2v) is 5.70. The quantitative estimate of drug-likeness (QED) is 0.875. The van der Waals surface area contributed by atoms with Crippen molar-refractivity contribution in [1.82, 2.24) is 5.32 Å².